The van der Waals surface area contributed by atoms with Gasteiger partial charge in [0, 0.05) is 23.7 Å². The second-order valence-corrected chi connectivity index (χ2v) is 7.85. The zero-order chi connectivity index (χ0) is 22.8. The average molecular weight is 461 g/mol. The number of nitrogens with one attached hydrogen (secondary N) is 1. The highest BCUT2D eigenvalue weighted by Gasteiger charge is 2.28. The van der Waals surface area contributed by atoms with Gasteiger partial charge in [0.15, 0.2) is 17.7 Å². The summed E-state index contributed by atoms with van der Waals surface area (Å²) in [6.07, 6.45) is 0.792. The molecule has 3 aromatic rings. The highest BCUT2D eigenvalue weighted by Crippen LogP contribution is 2.36. The molecule has 168 valence electrons. The number of ether oxygens (including phenoxy) is 3. The van der Waals surface area contributed by atoms with Crippen LogP contribution in [0, 0.1) is 5.82 Å². The van der Waals surface area contributed by atoms with Crippen molar-refractivity contribution in [3.63, 3.8) is 0 Å². The van der Waals surface area contributed by atoms with Gasteiger partial charge < -0.3 is 19.5 Å². The van der Waals surface area contributed by atoms with Crippen molar-refractivity contribution in [3.05, 3.63) is 47.5 Å². The van der Waals surface area contributed by atoms with E-state index in [9.17, 15) is 9.18 Å². The fraction of sp³-hybridized carbons (Fsp3) is 0.318. The molecule has 0 amide bonds. The third kappa shape index (κ3) is 4.68. The van der Waals surface area contributed by atoms with Crippen LogP contribution in [0.5, 0.6) is 11.5 Å². The number of benzene rings is 2. The van der Waals surface area contributed by atoms with Crippen molar-refractivity contribution in [1.29, 1.82) is 0 Å². The first-order valence-corrected chi connectivity index (χ1v) is 10.4. The molecule has 0 aliphatic carbocycles. The fourth-order valence-electron chi connectivity index (χ4n) is 3.52. The molecular weight excluding hydrogens is 439 g/mol. The maximum atomic E-state index is 13.5. The Labute approximate surface area is 189 Å². The van der Waals surface area contributed by atoms with Gasteiger partial charge in [-0.2, -0.15) is 0 Å². The van der Waals surface area contributed by atoms with E-state index in [0.717, 1.165) is 0 Å². The zero-order valence-corrected chi connectivity index (χ0v) is 18.5. The first-order chi connectivity index (χ1) is 15.3. The molecule has 2 atom stereocenters. The van der Waals surface area contributed by atoms with Crippen LogP contribution < -0.4 is 14.8 Å². The number of rotatable bonds is 6. The highest BCUT2D eigenvalue weighted by molar-refractivity contribution is 6.31. The molecule has 1 aromatic heterocycles. The van der Waals surface area contributed by atoms with Crippen molar-refractivity contribution in [2.75, 3.05) is 25.5 Å². The van der Waals surface area contributed by atoms with Gasteiger partial charge in [-0.05, 0) is 38.1 Å². The fourth-order valence-corrected chi connectivity index (χ4v) is 3.70. The summed E-state index contributed by atoms with van der Waals surface area (Å²) in [6, 6.07) is 7.83. The van der Waals surface area contributed by atoms with Gasteiger partial charge >= 0.3 is 5.97 Å². The van der Waals surface area contributed by atoms with E-state index in [2.05, 4.69) is 15.3 Å². The molecule has 32 heavy (non-hydrogen) atoms. The summed E-state index contributed by atoms with van der Waals surface area (Å²) in [6.45, 7) is 4.40. The minimum absolute atomic E-state index is 0.00200. The minimum atomic E-state index is -0.505. The predicted octanol–water partition coefficient (Wildman–Crippen LogP) is 4.15. The molecule has 0 bridgehead atoms. The largest absolute Gasteiger partial charge is 0.493 e. The van der Waals surface area contributed by atoms with Gasteiger partial charge in [0.1, 0.15) is 24.1 Å². The van der Waals surface area contributed by atoms with E-state index >= 15 is 0 Å². The summed E-state index contributed by atoms with van der Waals surface area (Å²) >= 11 is 5.89. The lowest BCUT2D eigenvalue weighted by Gasteiger charge is -2.34. The summed E-state index contributed by atoms with van der Waals surface area (Å²) in [4.78, 5) is 22.3. The summed E-state index contributed by atoms with van der Waals surface area (Å²) in [5.74, 6) is 0.658. The third-order valence-corrected chi connectivity index (χ3v) is 5.36. The summed E-state index contributed by atoms with van der Waals surface area (Å²) in [5.41, 5.74) is 1.20. The Morgan fingerprint density at radius 3 is 2.81 bits per heavy atom. The van der Waals surface area contributed by atoms with E-state index in [0.29, 0.717) is 40.5 Å². The van der Waals surface area contributed by atoms with Crippen LogP contribution in [0.2, 0.25) is 5.02 Å². The standard InChI is InChI=1S/C22H22ClFN4O4/c1-12-9-28(10-21(29)31-12)13(2)32-20-7-15-18(8-19(20)30-3)25-11-26-22(15)27-14-4-5-17(24)16(23)6-14/h4-8,11-13H,9-10H2,1-3H3,(H,25,26,27). The van der Waals surface area contributed by atoms with Crippen LogP contribution in [0.25, 0.3) is 10.9 Å². The van der Waals surface area contributed by atoms with Crippen molar-refractivity contribution in [2.24, 2.45) is 0 Å². The minimum Gasteiger partial charge on any atom is -0.493 e. The Hall–Kier alpha value is -3.17. The molecule has 1 aliphatic rings. The van der Waals surface area contributed by atoms with Crippen molar-refractivity contribution in [1.82, 2.24) is 14.9 Å². The van der Waals surface area contributed by atoms with Gasteiger partial charge in [-0.25, -0.2) is 14.4 Å². The van der Waals surface area contributed by atoms with E-state index in [1.165, 1.54) is 18.5 Å². The van der Waals surface area contributed by atoms with Crippen LogP contribution in [0.4, 0.5) is 15.9 Å². The number of fused-ring (bicyclic) bond motifs is 1. The molecule has 2 heterocycles. The molecule has 1 saturated heterocycles. The Balaban J connectivity index is 1.65. The lowest BCUT2D eigenvalue weighted by atomic mass is 10.2. The summed E-state index contributed by atoms with van der Waals surface area (Å²) in [5, 5.41) is 3.81. The van der Waals surface area contributed by atoms with E-state index < -0.39 is 12.0 Å². The second kappa shape index (κ2) is 9.13. The molecule has 0 radical (unpaired) electrons. The van der Waals surface area contributed by atoms with E-state index in [-0.39, 0.29) is 23.6 Å². The van der Waals surface area contributed by atoms with Gasteiger partial charge in [-0.1, -0.05) is 11.6 Å². The van der Waals surface area contributed by atoms with E-state index in [4.69, 9.17) is 25.8 Å². The number of hydrogen-bond donors (Lipinski definition) is 1. The number of esters is 1. The molecule has 1 aliphatic heterocycles. The van der Waals surface area contributed by atoms with E-state index in [1.807, 2.05) is 18.7 Å². The van der Waals surface area contributed by atoms with Gasteiger partial charge in [-0.15, -0.1) is 0 Å². The Morgan fingerprint density at radius 2 is 2.09 bits per heavy atom. The molecule has 2 unspecified atom stereocenters. The highest BCUT2D eigenvalue weighted by atomic mass is 35.5. The average Bonchev–Trinajstić information content (AvgIpc) is 2.75. The molecule has 0 saturated carbocycles. The number of carbonyl (C=O) groups excluding carboxylic acids is 1. The molecule has 2 aromatic carbocycles. The molecule has 8 nitrogen and oxygen atoms in total. The first kappa shape index (κ1) is 22.0. The number of anilines is 2. The normalized spacial score (nSPS) is 17.7. The van der Waals surface area contributed by atoms with Gasteiger partial charge in [0.25, 0.3) is 0 Å². The lowest BCUT2D eigenvalue weighted by Crippen LogP contribution is -2.50. The van der Waals surface area contributed by atoms with Crippen molar-refractivity contribution >= 4 is 40.0 Å². The Kier molecular flexibility index (Phi) is 6.29. The number of morpholine rings is 1. The predicted molar refractivity (Wildman–Crippen MR) is 118 cm³/mol. The Bertz CT molecular complexity index is 1160. The number of hydrogen-bond acceptors (Lipinski definition) is 8. The maximum Gasteiger partial charge on any atom is 0.320 e. The monoisotopic (exact) mass is 460 g/mol. The molecule has 4 rings (SSSR count). The number of cyclic esters (lactones) is 1. The van der Waals surface area contributed by atoms with Crippen LogP contribution in [0.3, 0.4) is 0 Å². The van der Waals surface area contributed by atoms with Crippen LogP contribution in [-0.2, 0) is 9.53 Å². The van der Waals surface area contributed by atoms with Crippen molar-refractivity contribution in [2.45, 2.75) is 26.2 Å². The van der Waals surface area contributed by atoms with Crippen molar-refractivity contribution < 1.29 is 23.4 Å². The number of methoxy groups -OCH3 is 1. The van der Waals surface area contributed by atoms with Crippen molar-refractivity contribution in [3.8, 4) is 11.5 Å². The number of nitrogens with zero attached hydrogens (tertiary/aromatic N) is 3. The lowest BCUT2D eigenvalue weighted by molar-refractivity contribution is -0.162. The number of halogens is 2. The smallest absolute Gasteiger partial charge is 0.320 e. The number of carbonyl (C=O) groups is 1. The molecule has 1 fully saturated rings. The second-order valence-electron chi connectivity index (χ2n) is 7.44. The molecular formula is C22H22ClFN4O4. The van der Waals surface area contributed by atoms with Crippen LogP contribution >= 0.6 is 11.6 Å². The van der Waals surface area contributed by atoms with E-state index in [1.54, 1.807) is 25.3 Å². The summed E-state index contributed by atoms with van der Waals surface area (Å²) in [7, 11) is 1.54. The number of aromatic nitrogens is 2. The first-order valence-electron chi connectivity index (χ1n) is 9.99. The van der Waals surface area contributed by atoms with Crippen LogP contribution in [0.1, 0.15) is 13.8 Å². The zero-order valence-electron chi connectivity index (χ0n) is 17.8. The van der Waals surface area contributed by atoms with Gasteiger partial charge in [-0.3, -0.25) is 9.69 Å². The SMILES string of the molecule is COc1cc2ncnc(Nc3ccc(F)c(Cl)c3)c2cc1OC(C)N1CC(=O)OC(C)C1. The van der Waals surface area contributed by atoms with Crippen LogP contribution in [0.15, 0.2) is 36.7 Å². The van der Waals surface area contributed by atoms with Crippen LogP contribution in [-0.4, -0.2) is 53.4 Å². The molecule has 10 heteroatoms. The Morgan fingerprint density at radius 1 is 1.28 bits per heavy atom. The third-order valence-electron chi connectivity index (χ3n) is 5.07. The molecule has 1 N–H and O–H groups in total. The molecule has 0 spiro atoms. The van der Waals surface area contributed by atoms with Gasteiger partial charge in [0.2, 0.25) is 0 Å². The maximum absolute atomic E-state index is 13.5. The topological polar surface area (TPSA) is 85.8 Å². The van der Waals surface area contributed by atoms with Gasteiger partial charge in [0.05, 0.1) is 24.2 Å². The quantitative estimate of drug-likeness (QED) is 0.549. The summed E-state index contributed by atoms with van der Waals surface area (Å²) < 4.78 is 30.3.